The number of anilines is 1. The summed E-state index contributed by atoms with van der Waals surface area (Å²) in [5, 5.41) is 9.10. The van der Waals surface area contributed by atoms with Crippen LogP contribution in [0.4, 0.5) is 10.5 Å². The second kappa shape index (κ2) is 4.33. The molecule has 107 valence electrons. The minimum atomic E-state index is -0.871. The van der Waals surface area contributed by atoms with E-state index < -0.39 is 11.7 Å². The van der Waals surface area contributed by atoms with Gasteiger partial charge in [-0.05, 0) is 11.0 Å². The van der Waals surface area contributed by atoms with Crippen LogP contribution in [0.1, 0.15) is 12.8 Å². The number of carbonyl (C=O) groups is 1. The topological polar surface area (TPSA) is 68.0 Å². The minimum Gasteiger partial charge on any atom is -0.468 e. The molecule has 1 aromatic rings. The van der Waals surface area contributed by atoms with E-state index in [0.29, 0.717) is 25.9 Å². The highest BCUT2D eigenvalue weighted by atomic mass is 16.5. The standard InChI is InChI=1S/C15H15N3O3/c19-14(20)17-8-5-15(6-9-17)13-16-7-10-18(13)11-3-1-2-4-12(11)21-15/h1-4,7,10H,5-6,8-9H2,(H,19,20)/q+1. The van der Waals surface area contributed by atoms with Crippen LogP contribution in [-0.4, -0.2) is 40.6 Å². The van der Waals surface area contributed by atoms with Crippen LogP contribution in [0.5, 0.6) is 5.75 Å². The van der Waals surface area contributed by atoms with E-state index in [1.54, 1.807) is 6.20 Å². The summed E-state index contributed by atoms with van der Waals surface area (Å²) in [5.41, 5.74) is 0.459. The van der Waals surface area contributed by atoms with Gasteiger partial charge in [0.25, 0.3) is 0 Å². The Morgan fingerprint density at radius 2 is 2.10 bits per heavy atom. The van der Waals surface area contributed by atoms with Crippen LogP contribution < -0.4 is 9.64 Å². The molecule has 1 spiro atoms. The van der Waals surface area contributed by atoms with Crippen LogP contribution in [0.25, 0.3) is 0 Å². The van der Waals surface area contributed by atoms with Crippen molar-refractivity contribution in [2.24, 2.45) is 4.99 Å². The van der Waals surface area contributed by atoms with Crippen molar-refractivity contribution in [3.05, 3.63) is 36.7 Å². The van der Waals surface area contributed by atoms with Crippen molar-refractivity contribution in [3.8, 4) is 5.75 Å². The number of amidine groups is 1. The summed E-state index contributed by atoms with van der Waals surface area (Å²) in [6.07, 6.45) is 4.06. The third-order valence-corrected chi connectivity index (χ3v) is 4.32. The Morgan fingerprint density at radius 1 is 1.33 bits per heavy atom. The van der Waals surface area contributed by atoms with Crippen molar-refractivity contribution in [2.75, 3.05) is 13.1 Å². The number of nitrogens with zero attached hydrogens (tertiary/aromatic N) is 3. The van der Waals surface area contributed by atoms with Crippen LogP contribution in [-0.2, 0) is 0 Å². The Balaban J connectivity index is 1.71. The Bertz CT molecular complexity index is 660. The molecule has 0 unspecified atom stereocenters. The summed E-state index contributed by atoms with van der Waals surface area (Å²) in [6, 6.07) is 7.86. The number of benzene rings is 1. The molecule has 0 saturated carbocycles. The van der Waals surface area contributed by atoms with Gasteiger partial charge in [-0.1, -0.05) is 12.1 Å². The van der Waals surface area contributed by atoms with Crippen molar-refractivity contribution >= 4 is 17.6 Å². The second-order valence-electron chi connectivity index (χ2n) is 5.45. The van der Waals surface area contributed by atoms with Gasteiger partial charge in [0.15, 0.2) is 11.9 Å². The number of hydrogen-bond acceptors (Lipinski definition) is 4. The summed E-state index contributed by atoms with van der Waals surface area (Å²) in [4.78, 5) is 19.0. The van der Waals surface area contributed by atoms with E-state index in [1.165, 1.54) is 4.90 Å². The zero-order valence-electron chi connectivity index (χ0n) is 11.4. The summed E-state index contributed by atoms with van der Waals surface area (Å²) in [7, 11) is 0. The summed E-state index contributed by atoms with van der Waals surface area (Å²) in [5.74, 6) is 1.69. The van der Waals surface area contributed by atoms with Gasteiger partial charge in [-0.2, -0.15) is 4.99 Å². The fourth-order valence-electron chi connectivity index (χ4n) is 3.22. The van der Waals surface area contributed by atoms with E-state index in [2.05, 4.69) is 9.89 Å². The highest BCUT2D eigenvalue weighted by molar-refractivity contribution is 6.02. The molecule has 0 atom stereocenters. The molecule has 6 heteroatoms. The third-order valence-electron chi connectivity index (χ3n) is 4.32. The van der Waals surface area contributed by atoms with Crippen molar-refractivity contribution < 1.29 is 14.6 Å². The third kappa shape index (κ3) is 1.76. The lowest BCUT2D eigenvalue weighted by atomic mass is 9.87. The first-order chi connectivity index (χ1) is 10.2. The Morgan fingerprint density at radius 3 is 2.86 bits per heavy atom. The molecule has 6 nitrogen and oxygen atoms in total. The first-order valence-corrected chi connectivity index (χ1v) is 7.00. The number of fused-ring (bicyclic) bond motifs is 4. The number of aliphatic imine (C=N–C) groups is 1. The predicted octanol–water partition coefficient (Wildman–Crippen LogP) is 2.25. The van der Waals surface area contributed by atoms with Crippen molar-refractivity contribution in [2.45, 2.75) is 18.4 Å². The van der Waals surface area contributed by atoms with Gasteiger partial charge in [0.2, 0.25) is 11.3 Å². The van der Waals surface area contributed by atoms with Gasteiger partial charge in [0.1, 0.15) is 0 Å². The monoisotopic (exact) mass is 285 g/mol. The molecule has 4 rings (SSSR count). The lowest BCUT2D eigenvalue weighted by Crippen LogP contribution is -2.59. The number of rotatable bonds is 0. The molecule has 1 radical (unpaired) electrons. The highest BCUT2D eigenvalue weighted by Crippen LogP contribution is 2.43. The van der Waals surface area contributed by atoms with Crippen LogP contribution in [0.2, 0.25) is 0 Å². The van der Waals surface area contributed by atoms with E-state index >= 15 is 0 Å². The molecule has 1 N–H and O–H groups in total. The molecule has 3 aliphatic rings. The number of amides is 1. The quantitative estimate of drug-likeness (QED) is 0.743. The summed E-state index contributed by atoms with van der Waals surface area (Å²) >= 11 is 0. The number of carboxylic acid groups (broad SMARTS) is 1. The lowest BCUT2D eigenvalue weighted by molar-refractivity contribution is 0.0481. The maximum absolute atomic E-state index is 11.1. The largest absolute Gasteiger partial charge is 0.468 e. The minimum absolute atomic E-state index is 0.463. The van der Waals surface area contributed by atoms with Crippen molar-refractivity contribution in [3.63, 3.8) is 0 Å². The van der Waals surface area contributed by atoms with E-state index in [4.69, 9.17) is 9.84 Å². The summed E-state index contributed by atoms with van der Waals surface area (Å²) in [6.45, 7) is 0.925. The van der Waals surface area contributed by atoms with Gasteiger partial charge >= 0.3 is 11.9 Å². The zero-order chi connectivity index (χ0) is 14.4. The molecular weight excluding hydrogens is 270 g/mol. The SMILES string of the molecule is O=C(O)N1CCC2(CC1)Oc1ccccc1[N+]1C=CN=C12. The fraction of sp³-hybridized carbons (Fsp3) is 0.333. The smallest absolute Gasteiger partial charge is 0.407 e. The number of piperidine rings is 1. The van der Waals surface area contributed by atoms with Crippen LogP contribution in [0, 0.1) is 0 Å². The van der Waals surface area contributed by atoms with Gasteiger partial charge in [0.05, 0.1) is 6.20 Å². The number of hydrogen-bond donors (Lipinski definition) is 1. The van der Waals surface area contributed by atoms with Crippen molar-refractivity contribution in [1.82, 2.24) is 9.80 Å². The van der Waals surface area contributed by atoms with Gasteiger partial charge in [0, 0.05) is 32.0 Å². The van der Waals surface area contributed by atoms with E-state index in [9.17, 15) is 4.79 Å². The highest BCUT2D eigenvalue weighted by Gasteiger charge is 2.56. The molecular formula is C15H15N3O3+. The first kappa shape index (κ1) is 12.4. The maximum atomic E-state index is 11.1. The Kier molecular flexibility index (Phi) is 2.56. The molecule has 0 aliphatic carbocycles. The van der Waals surface area contributed by atoms with E-state index in [0.717, 1.165) is 17.3 Å². The maximum Gasteiger partial charge on any atom is 0.407 e. The Labute approximate surface area is 121 Å². The fourth-order valence-corrected chi connectivity index (χ4v) is 3.22. The van der Waals surface area contributed by atoms with Crippen LogP contribution in [0.3, 0.4) is 0 Å². The lowest BCUT2D eigenvalue weighted by Gasteiger charge is -2.41. The molecule has 0 aromatic heterocycles. The number of para-hydroxylation sites is 2. The normalized spacial score (nSPS) is 22.5. The summed E-state index contributed by atoms with van der Waals surface area (Å²) < 4.78 is 6.27. The van der Waals surface area contributed by atoms with E-state index in [-0.39, 0.29) is 0 Å². The van der Waals surface area contributed by atoms with Crippen molar-refractivity contribution in [1.29, 1.82) is 0 Å². The number of likely N-dealkylation sites (tertiary alicyclic amines) is 1. The van der Waals surface area contributed by atoms with Crippen LogP contribution >= 0.6 is 0 Å². The van der Waals surface area contributed by atoms with E-state index in [1.807, 2.05) is 30.5 Å². The van der Waals surface area contributed by atoms with Crippen LogP contribution in [0.15, 0.2) is 41.7 Å². The average molecular weight is 285 g/mol. The van der Waals surface area contributed by atoms with Gasteiger partial charge in [-0.15, -0.1) is 0 Å². The number of ether oxygens (including phenoxy) is 1. The molecule has 3 aliphatic heterocycles. The van der Waals surface area contributed by atoms with Gasteiger partial charge in [-0.25, -0.2) is 4.79 Å². The molecule has 1 saturated heterocycles. The zero-order valence-corrected chi connectivity index (χ0v) is 11.4. The molecule has 0 bridgehead atoms. The van der Waals surface area contributed by atoms with Gasteiger partial charge in [-0.3, -0.25) is 0 Å². The molecule has 1 amide bonds. The Hall–Kier alpha value is -2.34. The molecule has 1 fully saturated rings. The molecule has 1 aromatic carbocycles. The predicted molar refractivity (Wildman–Crippen MR) is 77.0 cm³/mol. The first-order valence-electron chi connectivity index (χ1n) is 7.00. The van der Waals surface area contributed by atoms with Gasteiger partial charge < -0.3 is 14.7 Å². The second-order valence-corrected chi connectivity index (χ2v) is 5.45. The molecule has 3 heterocycles. The molecule has 21 heavy (non-hydrogen) atoms. The average Bonchev–Trinajstić information content (AvgIpc) is 2.99.